The Morgan fingerprint density at radius 3 is 2.68 bits per heavy atom. The van der Waals surface area contributed by atoms with Gasteiger partial charge in [-0.2, -0.15) is 0 Å². The molecule has 0 unspecified atom stereocenters. The van der Waals surface area contributed by atoms with Crippen LogP contribution >= 0.6 is 0 Å². The number of nitrogens with one attached hydrogen (secondary N) is 1. The SMILES string of the molecule is CCNC(=NCC1(O)CCCCC1)N1CCN(Cc2ccon2)CC1. The van der Waals surface area contributed by atoms with Crippen molar-refractivity contribution in [1.82, 2.24) is 20.3 Å². The summed E-state index contributed by atoms with van der Waals surface area (Å²) in [5.41, 5.74) is 0.377. The first-order chi connectivity index (χ1) is 12.2. The van der Waals surface area contributed by atoms with E-state index >= 15 is 0 Å². The fourth-order valence-electron chi connectivity index (χ4n) is 3.68. The molecule has 1 saturated carbocycles. The Labute approximate surface area is 150 Å². The zero-order valence-corrected chi connectivity index (χ0v) is 15.3. The number of aliphatic hydroxyl groups is 1. The maximum atomic E-state index is 10.7. The minimum atomic E-state index is -0.603. The molecule has 1 aliphatic heterocycles. The molecule has 1 saturated heterocycles. The highest BCUT2D eigenvalue weighted by atomic mass is 16.5. The van der Waals surface area contributed by atoms with E-state index in [4.69, 9.17) is 9.52 Å². The molecule has 0 bridgehead atoms. The molecule has 2 fully saturated rings. The molecule has 1 aliphatic carbocycles. The molecule has 0 spiro atoms. The average molecular weight is 349 g/mol. The lowest BCUT2D eigenvalue weighted by molar-refractivity contribution is 0.0128. The van der Waals surface area contributed by atoms with E-state index in [1.54, 1.807) is 6.26 Å². The van der Waals surface area contributed by atoms with Gasteiger partial charge in [0.2, 0.25) is 0 Å². The Morgan fingerprint density at radius 1 is 1.28 bits per heavy atom. The predicted octanol–water partition coefficient (Wildman–Crippen LogP) is 1.45. The Hall–Kier alpha value is -1.60. The number of rotatable bonds is 5. The lowest BCUT2D eigenvalue weighted by Crippen LogP contribution is -2.52. The summed E-state index contributed by atoms with van der Waals surface area (Å²) in [4.78, 5) is 9.45. The second kappa shape index (κ2) is 8.67. The van der Waals surface area contributed by atoms with E-state index in [2.05, 4.69) is 27.2 Å². The van der Waals surface area contributed by atoms with Crippen molar-refractivity contribution < 1.29 is 9.63 Å². The summed E-state index contributed by atoms with van der Waals surface area (Å²) < 4.78 is 4.91. The maximum absolute atomic E-state index is 10.7. The van der Waals surface area contributed by atoms with Crippen molar-refractivity contribution in [2.75, 3.05) is 39.3 Å². The Kier molecular flexibility index (Phi) is 6.31. The smallest absolute Gasteiger partial charge is 0.194 e. The molecule has 7 nitrogen and oxygen atoms in total. The van der Waals surface area contributed by atoms with Crippen molar-refractivity contribution in [3.05, 3.63) is 18.0 Å². The highest BCUT2D eigenvalue weighted by Gasteiger charge is 2.29. The van der Waals surface area contributed by atoms with E-state index in [0.717, 1.165) is 76.6 Å². The summed E-state index contributed by atoms with van der Waals surface area (Å²) in [7, 11) is 0. The van der Waals surface area contributed by atoms with E-state index in [0.29, 0.717) is 6.54 Å². The molecular weight excluding hydrogens is 318 g/mol. The molecule has 2 aliphatic rings. The molecule has 2 N–H and O–H groups in total. The molecule has 2 heterocycles. The van der Waals surface area contributed by atoms with Crippen LogP contribution in [0.4, 0.5) is 0 Å². The van der Waals surface area contributed by atoms with E-state index in [-0.39, 0.29) is 0 Å². The van der Waals surface area contributed by atoms with Gasteiger partial charge in [-0.05, 0) is 19.8 Å². The maximum Gasteiger partial charge on any atom is 0.194 e. The number of guanidine groups is 1. The fourth-order valence-corrected chi connectivity index (χ4v) is 3.68. The lowest BCUT2D eigenvalue weighted by atomic mass is 9.85. The number of nitrogens with zero attached hydrogens (tertiary/aromatic N) is 4. The third-order valence-corrected chi connectivity index (χ3v) is 5.19. The number of hydrogen-bond acceptors (Lipinski definition) is 5. The monoisotopic (exact) mass is 349 g/mol. The minimum Gasteiger partial charge on any atom is -0.388 e. The van der Waals surface area contributed by atoms with Crippen molar-refractivity contribution in [1.29, 1.82) is 0 Å². The van der Waals surface area contributed by atoms with Gasteiger partial charge in [-0.1, -0.05) is 24.4 Å². The number of piperazine rings is 1. The van der Waals surface area contributed by atoms with Gasteiger partial charge in [0.15, 0.2) is 5.96 Å². The Morgan fingerprint density at radius 2 is 2.04 bits per heavy atom. The Bertz CT molecular complexity index is 532. The molecule has 25 heavy (non-hydrogen) atoms. The van der Waals surface area contributed by atoms with E-state index < -0.39 is 5.60 Å². The second-order valence-corrected chi connectivity index (χ2v) is 7.21. The van der Waals surface area contributed by atoms with Crippen LogP contribution in [0.2, 0.25) is 0 Å². The summed E-state index contributed by atoms with van der Waals surface area (Å²) in [5, 5.41) is 18.1. The van der Waals surface area contributed by atoms with Gasteiger partial charge >= 0.3 is 0 Å². The van der Waals surface area contributed by atoms with Crippen LogP contribution in [0.15, 0.2) is 21.8 Å². The summed E-state index contributed by atoms with van der Waals surface area (Å²) in [6.45, 7) is 8.08. The zero-order chi connectivity index (χ0) is 17.5. The zero-order valence-electron chi connectivity index (χ0n) is 15.3. The van der Waals surface area contributed by atoms with Crippen molar-refractivity contribution in [3.63, 3.8) is 0 Å². The number of aromatic nitrogens is 1. The van der Waals surface area contributed by atoms with Crippen molar-refractivity contribution >= 4 is 5.96 Å². The van der Waals surface area contributed by atoms with Crippen LogP contribution in [-0.2, 0) is 6.54 Å². The van der Waals surface area contributed by atoms with Gasteiger partial charge in [0.1, 0.15) is 6.26 Å². The molecule has 0 aromatic carbocycles. The van der Waals surface area contributed by atoms with E-state index in [1.807, 2.05) is 6.07 Å². The summed E-state index contributed by atoms with van der Waals surface area (Å²) in [5.74, 6) is 0.933. The molecule has 1 aromatic heterocycles. The largest absolute Gasteiger partial charge is 0.388 e. The summed E-state index contributed by atoms with van der Waals surface area (Å²) in [6, 6.07) is 1.92. The predicted molar refractivity (Wildman–Crippen MR) is 97.4 cm³/mol. The highest BCUT2D eigenvalue weighted by Crippen LogP contribution is 2.28. The van der Waals surface area contributed by atoms with Gasteiger partial charge in [-0.25, -0.2) is 0 Å². The highest BCUT2D eigenvalue weighted by molar-refractivity contribution is 5.80. The normalized spacial score (nSPS) is 22.2. The van der Waals surface area contributed by atoms with Gasteiger partial charge < -0.3 is 19.8 Å². The third-order valence-electron chi connectivity index (χ3n) is 5.19. The first-order valence-electron chi connectivity index (χ1n) is 9.56. The van der Waals surface area contributed by atoms with Gasteiger partial charge in [0.05, 0.1) is 17.8 Å². The lowest BCUT2D eigenvalue weighted by Gasteiger charge is -2.37. The molecule has 140 valence electrons. The quantitative estimate of drug-likeness (QED) is 0.619. The van der Waals surface area contributed by atoms with Crippen LogP contribution in [0, 0.1) is 0 Å². The van der Waals surface area contributed by atoms with Crippen LogP contribution in [0.1, 0.15) is 44.7 Å². The van der Waals surface area contributed by atoms with Gasteiger partial charge in [0, 0.05) is 45.3 Å². The van der Waals surface area contributed by atoms with Crippen molar-refractivity contribution in [2.45, 2.75) is 51.2 Å². The van der Waals surface area contributed by atoms with E-state index in [1.165, 1.54) is 6.42 Å². The fraction of sp³-hybridized carbons (Fsp3) is 0.778. The topological polar surface area (TPSA) is 77.1 Å². The second-order valence-electron chi connectivity index (χ2n) is 7.21. The standard InChI is InChI=1S/C18H31N5O2/c1-2-19-17(20-15-18(24)7-4-3-5-8-18)23-11-9-22(10-12-23)14-16-6-13-25-21-16/h6,13,24H,2-5,7-12,14-15H2,1H3,(H,19,20). The molecule has 0 amide bonds. The minimum absolute atomic E-state index is 0.508. The van der Waals surface area contributed by atoms with Crippen LogP contribution in [-0.4, -0.2) is 70.9 Å². The number of aliphatic imine (C=N–C) groups is 1. The first kappa shape index (κ1) is 18.2. The molecule has 0 atom stereocenters. The molecule has 1 aromatic rings. The molecule has 3 rings (SSSR count). The van der Waals surface area contributed by atoms with Crippen LogP contribution in [0.25, 0.3) is 0 Å². The van der Waals surface area contributed by atoms with Crippen LogP contribution < -0.4 is 5.32 Å². The number of hydrogen-bond donors (Lipinski definition) is 2. The first-order valence-corrected chi connectivity index (χ1v) is 9.56. The van der Waals surface area contributed by atoms with Gasteiger partial charge in [-0.3, -0.25) is 9.89 Å². The van der Waals surface area contributed by atoms with Gasteiger partial charge in [0.25, 0.3) is 0 Å². The van der Waals surface area contributed by atoms with E-state index in [9.17, 15) is 5.11 Å². The molecule has 7 heteroatoms. The molecule has 0 radical (unpaired) electrons. The third kappa shape index (κ3) is 5.19. The average Bonchev–Trinajstić information content (AvgIpc) is 3.13. The van der Waals surface area contributed by atoms with Crippen molar-refractivity contribution in [3.8, 4) is 0 Å². The Balaban J connectivity index is 1.53. The van der Waals surface area contributed by atoms with Crippen LogP contribution in [0.3, 0.4) is 0 Å². The van der Waals surface area contributed by atoms with Crippen molar-refractivity contribution in [2.24, 2.45) is 4.99 Å². The summed E-state index contributed by atoms with van der Waals surface area (Å²) >= 11 is 0. The summed E-state index contributed by atoms with van der Waals surface area (Å²) in [6.07, 6.45) is 6.84. The van der Waals surface area contributed by atoms with Gasteiger partial charge in [-0.15, -0.1) is 0 Å². The van der Waals surface area contributed by atoms with Crippen LogP contribution in [0.5, 0.6) is 0 Å². The molecular formula is C18H31N5O2.